The van der Waals surface area contributed by atoms with Crippen LogP contribution in [0.2, 0.25) is 0 Å². The Morgan fingerprint density at radius 3 is 1.67 bits per heavy atom. The summed E-state index contributed by atoms with van der Waals surface area (Å²) in [4.78, 5) is 0. The van der Waals surface area contributed by atoms with Gasteiger partial charge in [-0.05, 0) is 31.6 Å². The minimum absolute atomic E-state index is 0.613. The van der Waals surface area contributed by atoms with Gasteiger partial charge < -0.3 is 0 Å². The summed E-state index contributed by atoms with van der Waals surface area (Å²) < 4.78 is 0. The summed E-state index contributed by atoms with van der Waals surface area (Å²) in [5.74, 6) is 0.613. The number of hydrogen-bond donors (Lipinski definition) is 0. The first kappa shape index (κ1) is 17.5. The Labute approximate surface area is 116 Å². The molecular weight excluding hydrogens is 216 g/mol. The molecule has 0 spiro atoms. The zero-order valence-electron chi connectivity index (χ0n) is 13.0. The van der Waals surface area contributed by atoms with Crippen molar-refractivity contribution in [3.05, 3.63) is 24.3 Å². The van der Waals surface area contributed by atoms with E-state index in [0.29, 0.717) is 5.92 Å². The molecule has 1 unspecified atom stereocenters. The Morgan fingerprint density at radius 2 is 1.11 bits per heavy atom. The summed E-state index contributed by atoms with van der Waals surface area (Å²) in [6.45, 7) is 6.81. The first-order valence-electron chi connectivity index (χ1n) is 8.14. The van der Waals surface area contributed by atoms with Crippen LogP contribution >= 0.6 is 0 Å². The molecule has 0 saturated heterocycles. The molecule has 0 N–H and O–H groups in total. The second-order valence-electron chi connectivity index (χ2n) is 5.41. The van der Waals surface area contributed by atoms with Crippen LogP contribution in [0.5, 0.6) is 0 Å². The molecule has 0 aromatic rings. The van der Waals surface area contributed by atoms with Crippen molar-refractivity contribution in [3.63, 3.8) is 0 Å². The van der Waals surface area contributed by atoms with Gasteiger partial charge in [0.1, 0.15) is 0 Å². The molecule has 0 fully saturated rings. The first-order chi connectivity index (χ1) is 8.81. The van der Waals surface area contributed by atoms with E-state index in [9.17, 15) is 0 Å². The zero-order chi connectivity index (χ0) is 13.5. The Kier molecular flexibility index (Phi) is 14.1. The van der Waals surface area contributed by atoms with Crippen molar-refractivity contribution in [1.82, 2.24) is 0 Å². The summed E-state index contributed by atoms with van der Waals surface area (Å²) in [6, 6.07) is 0. The van der Waals surface area contributed by atoms with Gasteiger partial charge in [0, 0.05) is 0 Å². The maximum atomic E-state index is 2.37. The van der Waals surface area contributed by atoms with Crippen molar-refractivity contribution >= 4 is 0 Å². The minimum Gasteiger partial charge on any atom is -0.0880 e. The summed E-state index contributed by atoms with van der Waals surface area (Å²) in [6.07, 6.45) is 22.9. The van der Waals surface area contributed by atoms with E-state index in [1.807, 2.05) is 0 Å². The molecular formula is C18H34. The summed E-state index contributed by atoms with van der Waals surface area (Å²) >= 11 is 0. The Hall–Kier alpha value is -0.520. The SMILES string of the molecule is CCCCCC=CC(C)C=CCCCCCCC. The second-order valence-corrected chi connectivity index (χ2v) is 5.41. The average molecular weight is 250 g/mol. The predicted octanol–water partition coefficient (Wildman–Crippen LogP) is 6.68. The average Bonchev–Trinajstić information content (AvgIpc) is 2.37. The third kappa shape index (κ3) is 13.5. The molecule has 1 atom stereocenters. The van der Waals surface area contributed by atoms with Crippen LogP contribution in [-0.2, 0) is 0 Å². The van der Waals surface area contributed by atoms with Crippen molar-refractivity contribution in [1.29, 1.82) is 0 Å². The highest BCUT2D eigenvalue weighted by atomic mass is 14.0. The van der Waals surface area contributed by atoms with E-state index in [1.54, 1.807) is 0 Å². The van der Waals surface area contributed by atoms with Gasteiger partial charge in [-0.3, -0.25) is 0 Å². The lowest BCUT2D eigenvalue weighted by Gasteiger charge is -1.99. The number of unbranched alkanes of at least 4 members (excludes halogenated alkanes) is 8. The maximum absolute atomic E-state index is 2.37. The van der Waals surface area contributed by atoms with E-state index in [0.717, 1.165) is 0 Å². The molecule has 0 aromatic heterocycles. The van der Waals surface area contributed by atoms with E-state index in [2.05, 4.69) is 45.1 Å². The van der Waals surface area contributed by atoms with Gasteiger partial charge in [0.25, 0.3) is 0 Å². The van der Waals surface area contributed by atoms with Crippen LogP contribution in [-0.4, -0.2) is 0 Å². The van der Waals surface area contributed by atoms with Gasteiger partial charge in [0.2, 0.25) is 0 Å². The van der Waals surface area contributed by atoms with Crippen molar-refractivity contribution < 1.29 is 0 Å². The largest absolute Gasteiger partial charge is 0.0880 e. The Balaban J connectivity index is 3.40. The monoisotopic (exact) mass is 250 g/mol. The molecule has 0 heterocycles. The van der Waals surface area contributed by atoms with E-state index in [-0.39, 0.29) is 0 Å². The fourth-order valence-electron chi connectivity index (χ4n) is 2.06. The van der Waals surface area contributed by atoms with Crippen LogP contribution in [0.3, 0.4) is 0 Å². The molecule has 0 radical (unpaired) electrons. The third-order valence-electron chi connectivity index (χ3n) is 3.33. The van der Waals surface area contributed by atoms with Crippen molar-refractivity contribution in [2.24, 2.45) is 5.92 Å². The lowest BCUT2D eigenvalue weighted by molar-refractivity contribution is 0.636. The maximum Gasteiger partial charge on any atom is -0.00819 e. The lowest BCUT2D eigenvalue weighted by Crippen LogP contribution is -1.83. The normalized spacial score (nSPS) is 13.7. The number of rotatable bonds is 12. The fourth-order valence-corrected chi connectivity index (χ4v) is 2.06. The number of allylic oxidation sites excluding steroid dienone is 4. The van der Waals surface area contributed by atoms with Crippen molar-refractivity contribution in [2.45, 2.75) is 85.0 Å². The van der Waals surface area contributed by atoms with E-state index in [1.165, 1.54) is 64.2 Å². The summed E-state index contributed by atoms with van der Waals surface area (Å²) in [5.41, 5.74) is 0. The topological polar surface area (TPSA) is 0 Å². The predicted molar refractivity (Wildman–Crippen MR) is 85.0 cm³/mol. The van der Waals surface area contributed by atoms with E-state index in [4.69, 9.17) is 0 Å². The molecule has 0 aliphatic heterocycles. The Bertz CT molecular complexity index is 200. The van der Waals surface area contributed by atoms with E-state index < -0.39 is 0 Å². The standard InChI is InChI=1S/C18H34/c1-4-6-8-10-11-13-15-17-18(3)16-14-12-9-7-5-2/h14-18H,4-13H2,1-3H3. The zero-order valence-corrected chi connectivity index (χ0v) is 13.0. The molecule has 0 nitrogen and oxygen atoms in total. The molecule has 0 aliphatic rings. The van der Waals surface area contributed by atoms with Crippen LogP contribution in [0.4, 0.5) is 0 Å². The molecule has 0 saturated carbocycles. The molecule has 0 rings (SSSR count). The molecule has 0 bridgehead atoms. The van der Waals surface area contributed by atoms with Crippen LogP contribution in [0.1, 0.15) is 85.0 Å². The summed E-state index contributed by atoms with van der Waals surface area (Å²) in [5, 5.41) is 0. The van der Waals surface area contributed by atoms with Gasteiger partial charge in [-0.15, -0.1) is 0 Å². The quantitative estimate of drug-likeness (QED) is 0.268. The highest BCUT2D eigenvalue weighted by molar-refractivity contribution is 4.98. The summed E-state index contributed by atoms with van der Waals surface area (Å²) in [7, 11) is 0. The van der Waals surface area contributed by atoms with Crippen LogP contribution in [0.25, 0.3) is 0 Å². The molecule has 0 aromatic carbocycles. The molecule has 18 heavy (non-hydrogen) atoms. The molecule has 0 aliphatic carbocycles. The van der Waals surface area contributed by atoms with Gasteiger partial charge in [-0.2, -0.15) is 0 Å². The van der Waals surface area contributed by atoms with Crippen molar-refractivity contribution in [3.8, 4) is 0 Å². The van der Waals surface area contributed by atoms with Crippen LogP contribution < -0.4 is 0 Å². The highest BCUT2D eigenvalue weighted by Gasteiger charge is 1.90. The second kappa shape index (κ2) is 14.5. The Morgan fingerprint density at radius 1 is 0.667 bits per heavy atom. The smallest absolute Gasteiger partial charge is 0.00819 e. The van der Waals surface area contributed by atoms with Gasteiger partial charge in [0.15, 0.2) is 0 Å². The van der Waals surface area contributed by atoms with Gasteiger partial charge in [0.05, 0.1) is 0 Å². The molecule has 106 valence electrons. The van der Waals surface area contributed by atoms with Gasteiger partial charge in [-0.1, -0.05) is 83.6 Å². The van der Waals surface area contributed by atoms with Crippen LogP contribution in [0, 0.1) is 5.92 Å². The fraction of sp³-hybridized carbons (Fsp3) is 0.778. The highest BCUT2D eigenvalue weighted by Crippen LogP contribution is 2.08. The van der Waals surface area contributed by atoms with Gasteiger partial charge >= 0.3 is 0 Å². The minimum atomic E-state index is 0.613. The van der Waals surface area contributed by atoms with E-state index >= 15 is 0 Å². The van der Waals surface area contributed by atoms with Crippen LogP contribution in [0.15, 0.2) is 24.3 Å². The number of hydrogen-bond acceptors (Lipinski definition) is 0. The van der Waals surface area contributed by atoms with Crippen molar-refractivity contribution in [2.75, 3.05) is 0 Å². The first-order valence-corrected chi connectivity index (χ1v) is 8.14. The molecule has 0 amide bonds. The molecule has 0 heteroatoms. The lowest BCUT2D eigenvalue weighted by atomic mass is 10.1. The third-order valence-corrected chi connectivity index (χ3v) is 3.33. The van der Waals surface area contributed by atoms with Gasteiger partial charge in [-0.25, -0.2) is 0 Å².